The highest BCUT2D eigenvalue weighted by atomic mass is 32.2. The number of likely N-dealkylation sites (tertiary alicyclic amines) is 1. The lowest BCUT2D eigenvalue weighted by molar-refractivity contribution is -0.149. The summed E-state index contributed by atoms with van der Waals surface area (Å²) in [6, 6.07) is 13.5. The molecule has 0 spiro atoms. The predicted molar refractivity (Wildman–Crippen MR) is 129 cm³/mol. The van der Waals surface area contributed by atoms with E-state index in [-0.39, 0.29) is 23.5 Å². The van der Waals surface area contributed by atoms with Crippen LogP contribution in [0, 0.1) is 12.8 Å². The van der Waals surface area contributed by atoms with Gasteiger partial charge in [-0.05, 0) is 56.5 Å². The molecule has 1 aliphatic rings. The van der Waals surface area contributed by atoms with Crippen LogP contribution >= 0.6 is 0 Å². The predicted octanol–water partition coefficient (Wildman–Crippen LogP) is 2.96. The third kappa shape index (κ3) is 7.15. The van der Waals surface area contributed by atoms with E-state index in [2.05, 4.69) is 5.32 Å². The van der Waals surface area contributed by atoms with E-state index >= 15 is 0 Å². The minimum Gasteiger partial charge on any atom is -0.466 e. The number of hydrogen-bond acceptors (Lipinski definition) is 6. The molecule has 0 saturated carbocycles. The first-order chi connectivity index (χ1) is 16.2. The van der Waals surface area contributed by atoms with Crippen LogP contribution in [0.1, 0.15) is 41.3 Å². The minimum absolute atomic E-state index is 0.202. The second-order valence-corrected chi connectivity index (χ2v) is 10.5. The Balaban J connectivity index is 1.58. The van der Waals surface area contributed by atoms with Crippen molar-refractivity contribution in [2.75, 3.05) is 30.8 Å². The zero-order valence-electron chi connectivity index (χ0n) is 19.5. The van der Waals surface area contributed by atoms with Crippen molar-refractivity contribution in [3.63, 3.8) is 0 Å². The number of nitrogens with zero attached hydrogens (tertiary/aromatic N) is 1. The maximum Gasteiger partial charge on any atom is 0.309 e. The molecule has 0 radical (unpaired) electrons. The quantitative estimate of drug-likeness (QED) is 0.575. The second kappa shape index (κ2) is 11.3. The molecular weight excluding hydrogens is 456 g/mol. The smallest absolute Gasteiger partial charge is 0.309 e. The van der Waals surface area contributed by atoms with Gasteiger partial charge in [0.1, 0.15) is 5.75 Å². The Kier molecular flexibility index (Phi) is 8.44. The standard InChI is InChI=1S/C25H30N2O6S/c1-3-33-25(30)20-11-13-27(14-12-20)24(29)21-6-4-5-19(15-21)16-34(31,32)17-23(28)26-22-9-7-18(2)8-10-22/h4-10,15,20H,3,11-14,16-17H2,1-2H3,(H,26,28). The molecule has 0 aromatic heterocycles. The van der Waals surface area contributed by atoms with Gasteiger partial charge in [-0.25, -0.2) is 8.42 Å². The van der Waals surface area contributed by atoms with E-state index in [1.807, 2.05) is 19.1 Å². The summed E-state index contributed by atoms with van der Waals surface area (Å²) in [6.45, 7) is 4.88. The van der Waals surface area contributed by atoms with E-state index in [4.69, 9.17) is 4.74 Å². The fraction of sp³-hybridized carbons (Fsp3) is 0.400. The lowest BCUT2D eigenvalue weighted by Gasteiger charge is -2.31. The van der Waals surface area contributed by atoms with Crippen LogP contribution in [0.25, 0.3) is 0 Å². The Bertz CT molecular complexity index is 1140. The summed E-state index contributed by atoms with van der Waals surface area (Å²) < 4.78 is 30.2. The maximum absolute atomic E-state index is 12.9. The van der Waals surface area contributed by atoms with Crippen LogP contribution in [0.2, 0.25) is 0 Å². The van der Waals surface area contributed by atoms with Crippen molar-refractivity contribution in [3.05, 3.63) is 65.2 Å². The van der Waals surface area contributed by atoms with Crippen molar-refractivity contribution in [1.29, 1.82) is 0 Å². The largest absolute Gasteiger partial charge is 0.466 e. The molecule has 34 heavy (non-hydrogen) atoms. The van der Waals surface area contributed by atoms with E-state index in [9.17, 15) is 22.8 Å². The first kappa shape index (κ1) is 25.4. The van der Waals surface area contributed by atoms with Crippen LogP contribution in [0.5, 0.6) is 0 Å². The van der Waals surface area contributed by atoms with E-state index in [1.165, 1.54) is 0 Å². The normalized spacial score (nSPS) is 14.5. The Hall–Kier alpha value is -3.20. The van der Waals surface area contributed by atoms with Crippen molar-refractivity contribution >= 4 is 33.3 Å². The SMILES string of the molecule is CCOC(=O)C1CCN(C(=O)c2cccc(CS(=O)(=O)CC(=O)Nc3ccc(C)cc3)c2)CC1. The number of nitrogens with one attached hydrogen (secondary N) is 1. The molecule has 8 nitrogen and oxygen atoms in total. The monoisotopic (exact) mass is 486 g/mol. The zero-order chi connectivity index (χ0) is 24.7. The van der Waals surface area contributed by atoms with Crippen molar-refractivity contribution in [3.8, 4) is 0 Å². The van der Waals surface area contributed by atoms with Crippen molar-refractivity contribution in [2.45, 2.75) is 32.4 Å². The summed E-state index contributed by atoms with van der Waals surface area (Å²) in [5.41, 5.74) is 2.38. The van der Waals surface area contributed by atoms with Gasteiger partial charge >= 0.3 is 5.97 Å². The van der Waals surface area contributed by atoms with Gasteiger partial charge in [0.25, 0.3) is 5.91 Å². The summed E-state index contributed by atoms with van der Waals surface area (Å²) in [4.78, 5) is 38.7. The molecule has 0 unspecified atom stereocenters. The van der Waals surface area contributed by atoms with Gasteiger partial charge in [-0.15, -0.1) is 0 Å². The average Bonchev–Trinajstić information content (AvgIpc) is 2.80. The van der Waals surface area contributed by atoms with Crippen molar-refractivity contribution in [1.82, 2.24) is 4.90 Å². The van der Waals surface area contributed by atoms with Gasteiger partial charge in [0.05, 0.1) is 18.3 Å². The number of sulfone groups is 1. The molecule has 1 aliphatic heterocycles. The molecule has 1 heterocycles. The fourth-order valence-electron chi connectivity index (χ4n) is 3.89. The summed E-state index contributed by atoms with van der Waals surface area (Å²) in [6.07, 6.45) is 1.07. The van der Waals surface area contributed by atoms with Crippen molar-refractivity contribution in [2.24, 2.45) is 5.92 Å². The lowest BCUT2D eigenvalue weighted by atomic mass is 9.96. The number of benzene rings is 2. The van der Waals surface area contributed by atoms with Crippen LogP contribution in [0.15, 0.2) is 48.5 Å². The summed E-state index contributed by atoms with van der Waals surface area (Å²) in [5, 5.41) is 2.59. The van der Waals surface area contributed by atoms with E-state index < -0.39 is 21.5 Å². The third-order valence-electron chi connectivity index (χ3n) is 5.65. The van der Waals surface area contributed by atoms with Gasteiger partial charge in [0.2, 0.25) is 5.91 Å². The second-order valence-electron chi connectivity index (χ2n) is 8.47. The van der Waals surface area contributed by atoms with Gasteiger partial charge in [-0.2, -0.15) is 0 Å². The molecule has 0 atom stereocenters. The number of carbonyl (C=O) groups excluding carboxylic acids is 3. The number of anilines is 1. The summed E-state index contributed by atoms with van der Waals surface area (Å²) in [7, 11) is -3.74. The number of carbonyl (C=O) groups is 3. The summed E-state index contributed by atoms with van der Waals surface area (Å²) in [5.74, 6) is -2.25. The lowest BCUT2D eigenvalue weighted by Crippen LogP contribution is -2.40. The Labute approximate surface area is 200 Å². The third-order valence-corrected chi connectivity index (χ3v) is 7.12. The van der Waals surface area contributed by atoms with Crippen LogP contribution in [-0.4, -0.2) is 56.6 Å². The van der Waals surface area contributed by atoms with Crippen LogP contribution < -0.4 is 5.32 Å². The molecular formula is C25H30N2O6S. The molecule has 1 N–H and O–H groups in total. The molecule has 2 amide bonds. The number of hydrogen-bond donors (Lipinski definition) is 1. The van der Waals surface area contributed by atoms with Crippen LogP contribution in [0.3, 0.4) is 0 Å². The van der Waals surface area contributed by atoms with Crippen LogP contribution in [0.4, 0.5) is 5.69 Å². The average molecular weight is 487 g/mol. The fourth-order valence-corrected chi connectivity index (χ4v) is 5.15. The highest BCUT2D eigenvalue weighted by molar-refractivity contribution is 7.91. The van der Waals surface area contributed by atoms with Gasteiger partial charge < -0.3 is 15.0 Å². The number of ether oxygens (including phenoxy) is 1. The van der Waals surface area contributed by atoms with E-state index in [1.54, 1.807) is 48.2 Å². The van der Waals surface area contributed by atoms with E-state index in [0.717, 1.165) is 5.56 Å². The number of rotatable bonds is 8. The van der Waals surface area contributed by atoms with Gasteiger partial charge in [-0.3, -0.25) is 14.4 Å². The molecule has 0 aliphatic carbocycles. The molecule has 182 valence electrons. The Morgan fingerprint density at radius 2 is 1.74 bits per heavy atom. The summed E-state index contributed by atoms with van der Waals surface area (Å²) >= 11 is 0. The molecule has 2 aromatic carbocycles. The highest BCUT2D eigenvalue weighted by Gasteiger charge is 2.29. The molecule has 9 heteroatoms. The van der Waals surface area contributed by atoms with E-state index in [0.29, 0.717) is 49.4 Å². The minimum atomic E-state index is -3.74. The highest BCUT2D eigenvalue weighted by Crippen LogP contribution is 2.21. The number of piperidine rings is 1. The molecule has 2 aromatic rings. The topological polar surface area (TPSA) is 110 Å². The van der Waals surface area contributed by atoms with Gasteiger partial charge in [0, 0.05) is 24.3 Å². The number of esters is 1. The Morgan fingerprint density at radius 1 is 1.06 bits per heavy atom. The van der Waals surface area contributed by atoms with Gasteiger partial charge in [0.15, 0.2) is 9.84 Å². The zero-order valence-corrected chi connectivity index (χ0v) is 20.3. The molecule has 1 fully saturated rings. The first-order valence-electron chi connectivity index (χ1n) is 11.3. The van der Waals surface area contributed by atoms with Crippen molar-refractivity contribution < 1.29 is 27.5 Å². The molecule has 1 saturated heterocycles. The first-order valence-corrected chi connectivity index (χ1v) is 13.1. The maximum atomic E-state index is 12.9. The molecule has 3 rings (SSSR count). The van der Waals surface area contributed by atoms with Crippen LogP contribution in [-0.2, 0) is 29.9 Å². The molecule has 0 bridgehead atoms. The van der Waals surface area contributed by atoms with Gasteiger partial charge in [-0.1, -0.05) is 29.8 Å². The number of amides is 2. The Morgan fingerprint density at radius 3 is 2.38 bits per heavy atom. The number of aryl methyl sites for hydroxylation is 1.